The molecule has 0 bridgehead atoms. The van der Waals surface area contributed by atoms with Crippen LogP contribution in [0.25, 0.3) is 33.3 Å². The smallest absolute Gasteiger partial charge is 0.269 e. The minimum atomic E-state index is -4.12. The van der Waals surface area contributed by atoms with Crippen molar-refractivity contribution in [2.24, 2.45) is 0 Å². The van der Waals surface area contributed by atoms with Crippen LogP contribution in [0.1, 0.15) is 5.56 Å². The summed E-state index contributed by atoms with van der Waals surface area (Å²) in [5.41, 5.74) is 2.94. The molecule has 0 aliphatic carbocycles. The minimum absolute atomic E-state index is 0.0784. The van der Waals surface area contributed by atoms with Gasteiger partial charge in [0.2, 0.25) is 0 Å². The first-order valence-corrected chi connectivity index (χ1v) is 12.9. The van der Waals surface area contributed by atoms with Gasteiger partial charge in [0, 0.05) is 35.6 Å². The van der Waals surface area contributed by atoms with E-state index < -0.39 is 15.8 Å². The molecule has 5 aromatic rings. The molecule has 0 saturated carbocycles. The number of benzene rings is 1. The molecule has 0 radical (unpaired) electrons. The van der Waals surface area contributed by atoms with Crippen molar-refractivity contribution in [3.8, 4) is 22.9 Å². The maximum absolute atomic E-state index is 14.1. The van der Waals surface area contributed by atoms with Gasteiger partial charge in [0.05, 0.1) is 36.5 Å². The lowest BCUT2D eigenvalue weighted by molar-refractivity contribution is 0.344. The van der Waals surface area contributed by atoms with E-state index in [1.165, 1.54) is 32.4 Å². The highest BCUT2D eigenvalue weighted by Gasteiger charge is 2.28. The Labute approximate surface area is 211 Å². The molecule has 36 heavy (non-hydrogen) atoms. The molecule has 0 spiro atoms. The van der Waals surface area contributed by atoms with Gasteiger partial charge in [0.25, 0.3) is 15.9 Å². The zero-order chi connectivity index (χ0) is 25.6. The third-order valence-electron chi connectivity index (χ3n) is 5.92. The molecule has 4 heterocycles. The van der Waals surface area contributed by atoms with Gasteiger partial charge in [-0.05, 0) is 31.2 Å². The zero-order valence-corrected chi connectivity index (χ0v) is 21.3. The minimum Gasteiger partial charge on any atom is -0.491 e. The van der Waals surface area contributed by atoms with Crippen molar-refractivity contribution in [3.05, 3.63) is 66.2 Å². The van der Waals surface area contributed by atoms with E-state index in [9.17, 15) is 12.8 Å². The Bertz CT molecular complexity index is 1710. The summed E-state index contributed by atoms with van der Waals surface area (Å²) in [4.78, 5) is 8.84. The first-order valence-electron chi connectivity index (χ1n) is 11.0. The highest BCUT2D eigenvalue weighted by Crippen LogP contribution is 2.39. The van der Waals surface area contributed by atoms with Gasteiger partial charge in [-0.1, -0.05) is 17.7 Å². The predicted molar refractivity (Wildman–Crippen MR) is 136 cm³/mol. The van der Waals surface area contributed by atoms with Crippen LogP contribution < -0.4 is 9.47 Å². The monoisotopic (exact) mass is 528 g/mol. The number of aryl methyl sites for hydroxylation is 2. The van der Waals surface area contributed by atoms with Crippen LogP contribution in [0.4, 0.5) is 4.39 Å². The van der Waals surface area contributed by atoms with E-state index in [-0.39, 0.29) is 22.1 Å². The van der Waals surface area contributed by atoms with E-state index >= 15 is 0 Å². The number of methoxy groups -OCH3 is 2. The fourth-order valence-corrected chi connectivity index (χ4v) is 5.88. The summed E-state index contributed by atoms with van der Waals surface area (Å²) in [6.45, 7) is 2.31. The summed E-state index contributed by atoms with van der Waals surface area (Å²) in [7, 11) is -1.14. The Morgan fingerprint density at radius 2 is 1.83 bits per heavy atom. The van der Waals surface area contributed by atoms with Crippen LogP contribution >= 0.6 is 11.6 Å². The lowest BCUT2D eigenvalue weighted by atomic mass is 10.2. The zero-order valence-electron chi connectivity index (χ0n) is 19.7. The number of pyridine rings is 2. The third-order valence-corrected chi connectivity index (χ3v) is 7.81. The van der Waals surface area contributed by atoms with E-state index in [2.05, 4.69) is 9.97 Å². The number of aromatic nitrogens is 4. The van der Waals surface area contributed by atoms with E-state index in [4.69, 9.17) is 21.1 Å². The van der Waals surface area contributed by atoms with Crippen LogP contribution in [-0.4, -0.2) is 47.0 Å². The number of nitrogens with zero attached hydrogens (tertiary/aromatic N) is 4. The second-order valence-electron chi connectivity index (χ2n) is 8.17. The third kappa shape index (κ3) is 3.86. The van der Waals surface area contributed by atoms with Gasteiger partial charge < -0.3 is 14.0 Å². The van der Waals surface area contributed by atoms with Crippen LogP contribution in [-0.2, 0) is 16.6 Å². The second kappa shape index (κ2) is 9.11. The molecule has 0 aliphatic rings. The Hall–Kier alpha value is -3.63. The summed E-state index contributed by atoms with van der Waals surface area (Å²) in [6, 6.07) is 11.1. The topological polar surface area (TPSA) is 88.2 Å². The molecule has 5 rings (SSSR count). The molecule has 186 valence electrons. The van der Waals surface area contributed by atoms with Crippen LogP contribution in [0.3, 0.4) is 0 Å². The van der Waals surface area contributed by atoms with Crippen LogP contribution in [0.15, 0.2) is 59.8 Å². The van der Waals surface area contributed by atoms with Gasteiger partial charge in [-0.2, -0.15) is 0 Å². The molecule has 0 amide bonds. The number of alkyl halides is 1. The number of rotatable bonds is 7. The van der Waals surface area contributed by atoms with Gasteiger partial charge in [-0.25, -0.2) is 26.7 Å². The molecular formula is C25H22ClFN4O4S. The van der Waals surface area contributed by atoms with Crippen molar-refractivity contribution < 1.29 is 22.3 Å². The Morgan fingerprint density at radius 3 is 2.50 bits per heavy atom. The Balaban J connectivity index is 1.88. The van der Waals surface area contributed by atoms with Crippen molar-refractivity contribution in [2.75, 3.05) is 20.1 Å². The second-order valence-corrected chi connectivity index (χ2v) is 10.3. The Morgan fingerprint density at radius 1 is 1.08 bits per heavy atom. The predicted octanol–water partition coefficient (Wildman–Crippen LogP) is 4.99. The van der Waals surface area contributed by atoms with Gasteiger partial charge in [-0.3, -0.25) is 0 Å². The quantitative estimate of drug-likeness (QED) is 0.276. The number of hydrogen-bond donors (Lipinski definition) is 0. The summed E-state index contributed by atoms with van der Waals surface area (Å²) in [5, 5.41) is 0.333. The lowest BCUT2D eigenvalue weighted by Gasteiger charge is -2.12. The van der Waals surface area contributed by atoms with Gasteiger partial charge in [-0.15, -0.1) is 11.6 Å². The Kier molecular flexibility index (Phi) is 6.09. The molecule has 0 fully saturated rings. The maximum Gasteiger partial charge on any atom is 0.269 e. The summed E-state index contributed by atoms with van der Waals surface area (Å²) < 4.78 is 55.8. The maximum atomic E-state index is 14.1. The van der Waals surface area contributed by atoms with Crippen LogP contribution in [0.5, 0.6) is 11.6 Å². The normalized spacial score (nSPS) is 11.9. The molecule has 11 heteroatoms. The SMILES string of the molecule is COc1cc2c(nc1OC)c(-c1cc3cc(F)cnc3n1S(=O)(=O)c1ccc(C)cc1)cn2CCCl. The van der Waals surface area contributed by atoms with Crippen LogP contribution in [0.2, 0.25) is 0 Å². The van der Waals surface area contributed by atoms with Gasteiger partial charge >= 0.3 is 0 Å². The summed E-state index contributed by atoms with van der Waals surface area (Å²) in [6.07, 6.45) is 2.76. The fourth-order valence-electron chi connectivity index (χ4n) is 4.22. The average molecular weight is 529 g/mol. The summed E-state index contributed by atoms with van der Waals surface area (Å²) >= 11 is 6.05. The highest BCUT2D eigenvalue weighted by molar-refractivity contribution is 7.90. The van der Waals surface area contributed by atoms with Crippen molar-refractivity contribution >= 4 is 43.7 Å². The number of hydrogen-bond acceptors (Lipinski definition) is 6. The van der Waals surface area contributed by atoms with Crippen molar-refractivity contribution in [1.82, 2.24) is 18.5 Å². The molecule has 0 atom stereocenters. The van der Waals surface area contributed by atoms with E-state index in [0.717, 1.165) is 15.7 Å². The van der Waals surface area contributed by atoms with Crippen LogP contribution in [0, 0.1) is 12.7 Å². The largest absolute Gasteiger partial charge is 0.491 e. The molecule has 8 nitrogen and oxygen atoms in total. The van der Waals surface area contributed by atoms with Crippen molar-refractivity contribution in [3.63, 3.8) is 0 Å². The van der Waals surface area contributed by atoms with Crippen molar-refractivity contribution in [1.29, 1.82) is 0 Å². The molecule has 4 aromatic heterocycles. The molecule has 1 aromatic carbocycles. The standard InChI is InChI=1S/C25H22ClFN4O4S/c1-15-4-6-18(7-5-15)36(32,33)31-20(11-16-10-17(27)13-28-24(16)31)19-14-30(9-8-26)21-12-22(34-2)25(35-3)29-23(19)21/h4-7,10-14H,8-9H2,1-3H3. The molecule has 0 saturated heterocycles. The van der Waals surface area contributed by atoms with E-state index in [1.54, 1.807) is 30.5 Å². The number of fused-ring (bicyclic) bond motifs is 2. The van der Waals surface area contributed by atoms with E-state index in [1.807, 2.05) is 11.5 Å². The van der Waals surface area contributed by atoms with Gasteiger partial charge in [0.15, 0.2) is 11.4 Å². The molecule has 0 unspecified atom stereocenters. The number of halogens is 2. The first-order chi connectivity index (χ1) is 17.3. The molecular weight excluding hydrogens is 507 g/mol. The van der Waals surface area contributed by atoms with Crippen molar-refractivity contribution in [2.45, 2.75) is 18.4 Å². The highest BCUT2D eigenvalue weighted by atomic mass is 35.5. The van der Waals surface area contributed by atoms with E-state index in [0.29, 0.717) is 40.2 Å². The summed E-state index contributed by atoms with van der Waals surface area (Å²) in [5.74, 6) is 0.396. The number of ether oxygens (including phenoxy) is 2. The van der Waals surface area contributed by atoms with Gasteiger partial charge in [0.1, 0.15) is 11.3 Å². The fraction of sp³-hybridized carbons (Fsp3) is 0.200. The average Bonchev–Trinajstić information content (AvgIpc) is 3.41. The first kappa shape index (κ1) is 24.1. The molecule has 0 aliphatic heterocycles. The molecule has 0 N–H and O–H groups in total. The lowest BCUT2D eigenvalue weighted by Crippen LogP contribution is -2.14.